The Morgan fingerprint density at radius 3 is 2.56 bits per heavy atom. The Balaban J connectivity index is 1.62. The van der Waals surface area contributed by atoms with Crippen molar-refractivity contribution in [2.24, 2.45) is 0 Å². The molecule has 1 N–H and O–H groups in total. The number of imidazole rings is 1. The third kappa shape index (κ3) is 4.57. The molecule has 8 heteroatoms. The maximum atomic E-state index is 13.5. The monoisotopic (exact) mass is 550 g/mol. The number of benzene rings is 3. The summed E-state index contributed by atoms with van der Waals surface area (Å²) in [5.74, 6) is 0.553. The molecule has 5 nitrogen and oxygen atoms in total. The number of halogens is 3. The Kier molecular flexibility index (Phi) is 6.36. The van der Waals surface area contributed by atoms with Crippen LogP contribution in [0.2, 0.25) is 0 Å². The maximum absolute atomic E-state index is 13.5. The summed E-state index contributed by atoms with van der Waals surface area (Å²) in [4.78, 5) is 7.36. The van der Waals surface area contributed by atoms with Gasteiger partial charge in [-0.25, -0.2) is 9.37 Å². The van der Waals surface area contributed by atoms with Crippen LogP contribution in [0.5, 0.6) is 5.75 Å². The van der Waals surface area contributed by atoms with Crippen LogP contribution in [-0.2, 0) is 6.61 Å². The molecule has 0 radical (unpaired) electrons. The molecular formula is C24H13Br2FN4O. The predicted molar refractivity (Wildman–Crippen MR) is 127 cm³/mol. The highest BCUT2D eigenvalue weighted by Crippen LogP contribution is 2.36. The molecule has 0 unspecified atom stereocenters. The van der Waals surface area contributed by atoms with Gasteiger partial charge in [-0.3, -0.25) is 0 Å². The van der Waals surface area contributed by atoms with E-state index in [4.69, 9.17) is 4.74 Å². The minimum atomic E-state index is -0.379. The van der Waals surface area contributed by atoms with Gasteiger partial charge in [-0.2, -0.15) is 10.5 Å². The second-order valence-corrected chi connectivity index (χ2v) is 8.50. The number of ether oxygens (including phenoxy) is 1. The number of aromatic nitrogens is 2. The first-order chi connectivity index (χ1) is 15.5. The Morgan fingerprint density at radius 1 is 1.09 bits per heavy atom. The minimum absolute atomic E-state index is 0.231. The van der Waals surface area contributed by atoms with Gasteiger partial charge in [0, 0.05) is 5.56 Å². The first kappa shape index (κ1) is 21.8. The van der Waals surface area contributed by atoms with E-state index in [1.165, 1.54) is 12.1 Å². The van der Waals surface area contributed by atoms with E-state index < -0.39 is 0 Å². The largest absolute Gasteiger partial charge is 0.486 e. The molecule has 4 aromatic rings. The van der Waals surface area contributed by atoms with Crippen LogP contribution in [0.1, 0.15) is 22.5 Å². The Hall–Kier alpha value is -3.46. The van der Waals surface area contributed by atoms with Crippen LogP contribution < -0.4 is 4.74 Å². The number of allylic oxidation sites excluding steroid dienone is 1. The molecule has 0 aliphatic carbocycles. The van der Waals surface area contributed by atoms with E-state index in [1.54, 1.807) is 24.3 Å². The molecule has 1 heterocycles. The van der Waals surface area contributed by atoms with E-state index in [0.717, 1.165) is 11.1 Å². The van der Waals surface area contributed by atoms with Gasteiger partial charge in [0.05, 0.1) is 37.2 Å². The zero-order valence-electron chi connectivity index (χ0n) is 16.4. The number of fused-ring (bicyclic) bond motifs is 1. The van der Waals surface area contributed by atoms with Crippen molar-refractivity contribution in [2.45, 2.75) is 6.61 Å². The van der Waals surface area contributed by atoms with Gasteiger partial charge in [-0.15, -0.1) is 0 Å². The number of H-pyrrole nitrogens is 1. The number of hydrogen-bond acceptors (Lipinski definition) is 4. The summed E-state index contributed by atoms with van der Waals surface area (Å²) in [6.07, 6.45) is 1.68. The summed E-state index contributed by atoms with van der Waals surface area (Å²) in [6.45, 7) is 0.231. The van der Waals surface area contributed by atoms with Gasteiger partial charge < -0.3 is 9.72 Å². The van der Waals surface area contributed by atoms with Gasteiger partial charge >= 0.3 is 0 Å². The number of rotatable bonds is 5. The molecule has 0 amide bonds. The van der Waals surface area contributed by atoms with Crippen molar-refractivity contribution in [1.82, 2.24) is 9.97 Å². The van der Waals surface area contributed by atoms with Crippen LogP contribution in [0.25, 0.3) is 22.7 Å². The minimum Gasteiger partial charge on any atom is -0.486 e. The third-order valence-electron chi connectivity index (χ3n) is 4.66. The SMILES string of the molecule is N#C/C(=C/c1cc(Br)c(OCc2ccccc2C#N)c(Br)c1)c1nc2ccc(F)cc2[nH]1. The van der Waals surface area contributed by atoms with Crippen LogP contribution in [0.4, 0.5) is 4.39 Å². The lowest BCUT2D eigenvalue weighted by Crippen LogP contribution is -1.99. The van der Waals surface area contributed by atoms with Crippen molar-refractivity contribution >= 4 is 54.5 Å². The lowest BCUT2D eigenvalue weighted by Gasteiger charge is -2.12. The van der Waals surface area contributed by atoms with E-state index in [1.807, 2.05) is 24.3 Å². The zero-order valence-corrected chi connectivity index (χ0v) is 19.5. The van der Waals surface area contributed by atoms with Crippen LogP contribution in [0.15, 0.2) is 63.5 Å². The Morgan fingerprint density at radius 2 is 1.84 bits per heavy atom. The highest BCUT2D eigenvalue weighted by atomic mass is 79.9. The van der Waals surface area contributed by atoms with Gasteiger partial charge in [-0.05, 0) is 79.9 Å². The molecule has 0 saturated carbocycles. The summed E-state index contributed by atoms with van der Waals surface area (Å²) in [5.41, 5.74) is 3.47. The van der Waals surface area contributed by atoms with Crippen molar-refractivity contribution in [3.63, 3.8) is 0 Å². The van der Waals surface area contributed by atoms with E-state index in [-0.39, 0.29) is 12.4 Å². The third-order valence-corrected chi connectivity index (χ3v) is 5.84. The van der Waals surface area contributed by atoms with E-state index in [0.29, 0.717) is 42.7 Å². The summed E-state index contributed by atoms with van der Waals surface area (Å²) in [7, 11) is 0. The normalized spacial score (nSPS) is 11.2. The number of nitrogens with zero attached hydrogens (tertiary/aromatic N) is 3. The molecule has 156 valence electrons. The van der Waals surface area contributed by atoms with Crippen LogP contribution >= 0.6 is 31.9 Å². The summed E-state index contributed by atoms with van der Waals surface area (Å²) in [6, 6.07) is 19.4. The van der Waals surface area contributed by atoms with Gasteiger partial charge in [0.2, 0.25) is 0 Å². The highest BCUT2D eigenvalue weighted by molar-refractivity contribution is 9.11. The fourth-order valence-corrected chi connectivity index (χ4v) is 4.59. The maximum Gasteiger partial charge on any atom is 0.149 e. The topological polar surface area (TPSA) is 85.5 Å². The average Bonchev–Trinajstić information content (AvgIpc) is 3.20. The molecule has 0 bridgehead atoms. The fourth-order valence-electron chi connectivity index (χ4n) is 3.14. The molecular weight excluding hydrogens is 539 g/mol. The molecule has 0 atom stereocenters. The number of aromatic amines is 1. The lowest BCUT2D eigenvalue weighted by atomic mass is 10.1. The second-order valence-electron chi connectivity index (χ2n) is 6.79. The highest BCUT2D eigenvalue weighted by Gasteiger charge is 2.13. The summed E-state index contributed by atoms with van der Waals surface area (Å²) >= 11 is 7.03. The van der Waals surface area contributed by atoms with Crippen molar-refractivity contribution < 1.29 is 9.13 Å². The number of hydrogen-bond donors (Lipinski definition) is 1. The van der Waals surface area contributed by atoms with E-state index >= 15 is 0 Å². The second kappa shape index (κ2) is 9.35. The Bertz CT molecular complexity index is 1420. The van der Waals surface area contributed by atoms with E-state index in [9.17, 15) is 14.9 Å². The molecule has 4 rings (SSSR count). The summed E-state index contributed by atoms with van der Waals surface area (Å²) < 4.78 is 20.7. The summed E-state index contributed by atoms with van der Waals surface area (Å²) in [5, 5.41) is 18.9. The molecule has 0 saturated heterocycles. The van der Waals surface area contributed by atoms with Crippen molar-refractivity contribution in [1.29, 1.82) is 10.5 Å². The molecule has 0 fully saturated rings. The van der Waals surface area contributed by atoms with Crippen LogP contribution in [0, 0.1) is 28.5 Å². The van der Waals surface area contributed by atoms with E-state index in [2.05, 4.69) is 54.0 Å². The molecule has 3 aromatic carbocycles. The molecule has 0 spiro atoms. The lowest BCUT2D eigenvalue weighted by molar-refractivity contribution is 0.302. The van der Waals surface area contributed by atoms with Crippen molar-refractivity contribution in [3.05, 3.63) is 91.9 Å². The molecule has 0 aliphatic rings. The van der Waals surface area contributed by atoms with Gasteiger partial charge in [0.25, 0.3) is 0 Å². The standard InChI is InChI=1S/C24H13Br2FN4O/c25-19-8-14(7-17(12-29)24-30-21-6-5-18(27)10-22(21)31-24)9-20(26)23(19)32-13-16-4-2-1-3-15(16)11-28/h1-10H,13H2,(H,30,31)/b17-7-. The number of nitriles is 2. The van der Waals surface area contributed by atoms with Crippen LogP contribution in [-0.4, -0.2) is 9.97 Å². The molecule has 1 aromatic heterocycles. The molecule has 32 heavy (non-hydrogen) atoms. The quantitative estimate of drug-likeness (QED) is 0.278. The average molecular weight is 552 g/mol. The van der Waals surface area contributed by atoms with Gasteiger partial charge in [-0.1, -0.05) is 18.2 Å². The predicted octanol–water partition coefficient (Wildman–Crippen LogP) is 6.74. The fraction of sp³-hybridized carbons (Fsp3) is 0.0417. The van der Waals surface area contributed by atoms with Crippen molar-refractivity contribution in [2.75, 3.05) is 0 Å². The smallest absolute Gasteiger partial charge is 0.149 e. The number of nitrogens with one attached hydrogen (secondary N) is 1. The van der Waals surface area contributed by atoms with Crippen molar-refractivity contribution in [3.8, 4) is 17.9 Å². The molecule has 0 aliphatic heterocycles. The Labute approximate surface area is 200 Å². The first-order valence-corrected chi connectivity index (χ1v) is 10.9. The van der Waals surface area contributed by atoms with Gasteiger partial charge in [0.15, 0.2) is 0 Å². The van der Waals surface area contributed by atoms with Gasteiger partial charge in [0.1, 0.15) is 30.1 Å². The first-order valence-electron chi connectivity index (χ1n) is 9.36. The van der Waals surface area contributed by atoms with Crippen LogP contribution in [0.3, 0.4) is 0 Å². The zero-order chi connectivity index (χ0) is 22.7.